The molecule has 0 fully saturated rings. The topological polar surface area (TPSA) is 107 Å². The van der Waals surface area contributed by atoms with E-state index >= 15 is 0 Å². The fraction of sp³-hybridized carbons (Fsp3) is 0.864. The standard InChI is InChI=1S/2C8H16O3.C6H12O3/c2*1-3-4-5-10-6-7-11-8(2)9;1-3-8-4-5-9-6(2)7/h2*3-7H2,1-2H3;3-5H2,1-2H3. The average Bonchev–Trinajstić information content (AvgIpc) is 2.71. The second-order valence-corrected chi connectivity index (χ2v) is 6.15. The van der Waals surface area contributed by atoms with Crippen LogP contribution < -0.4 is 0 Å². The fourth-order valence-corrected chi connectivity index (χ4v) is 1.57. The van der Waals surface area contributed by atoms with Crippen LogP contribution in [-0.2, 0) is 42.8 Å². The minimum absolute atomic E-state index is 0.246. The van der Waals surface area contributed by atoms with E-state index in [-0.39, 0.29) is 17.9 Å². The molecule has 0 aliphatic heterocycles. The van der Waals surface area contributed by atoms with Gasteiger partial charge in [0.05, 0.1) is 19.8 Å². The molecule has 0 spiro atoms. The summed E-state index contributed by atoms with van der Waals surface area (Å²) >= 11 is 0. The summed E-state index contributed by atoms with van der Waals surface area (Å²) in [5.41, 5.74) is 0. The van der Waals surface area contributed by atoms with Gasteiger partial charge in [0.1, 0.15) is 19.8 Å². The molecule has 9 heteroatoms. The van der Waals surface area contributed by atoms with E-state index in [2.05, 4.69) is 28.1 Å². The normalized spacial score (nSPS) is 9.48. The third-order valence-electron chi connectivity index (χ3n) is 3.09. The van der Waals surface area contributed by atoms with Crippen LogP contribution in [0.1, 0.15) is 67.2 Å². The maximum Gasteiger partial charge on any atom is 0.302 e. The maximum atomic E-state index is 10.3. The molecule has 0 heterocycles. The van der Waals surface area contributed by atoms with Crippen molar-refractivity contribution in [2.75, 3.05) is 59.5 Å². The molecule has 0 aromatic rings. The van der Waals surface area contributed by atoms with Crippen molar-refractivity contribution >= 4 is 17.9 Å². The van der Waals surface area contributed by atoms with Crippen LogP contribution in [0.2, 0.25) is 0 Å². The van der Waals surface area contributed by atoms with Crippen LogP contribution in [-0.4, -0.2) is 77.4 Å². The van der Waals surface area contributed by atoms with Crippen LogP contribution in [0.3, 0.4) is 0 Å². The van der Waals surface area contributed by atoms with Crippen LogP contribution in [0.15, 0.2) is 0 Å². The maximum absolute atomic E-state index is 10.3. The lowest BCUT2D eigenvalue weighted by Crippen LogP contribution is -2.07. The van der Waals surface area contributed by atoms with Gasteiger partial charge in [0.15, 0.2) is 0 Å². The number of rotatable bonds is 16. The Morgan fingerprint density at radius 2 is 0.806 bits per heavy atom. The number of ether oxygens (including phenoxy) is 6. The van der Waals surface area contributed by atoms with E-state index in [1.807, 2.05) is 6.92 Å². The number of carbonyl (C=O) groups excluding carboxylic acids is 3. The minimum atomic E-state index is -0.255. The van der Waals surface area contributed by atoms with Gasteiger partial charge in [0, 0.05) is 40.6 Å². The van der Waals surface area contributed by atoms with Gasteiger partial charge in [-0.15, -0.1) is 0 Å². The van der Waals surface area contributed by atoms with Crippen molar-refractivity contribution in [2.24, 2.45) is 0 Å². The Morgan fingerprint density at radius 1 is 0.484 bits per heavy atom. The van der Waals surface area contributed by atoms with Gasteiger partial charge in [-0.2, -0.15) is 0 Å². The van der Waals surface area contributed by atoms with Gasteiger partial charge in [0.25, 0.3) is 0 Å². The molecule has 0 rings (SSSR count). The smallest absolute Gasteiger partial charge is 0.302 e. The predicted octanol–water partition coefficient (Wildman–Crippen LogP) is 3.32. The van der Waals surface area contributed by atoms with E-state index in [1.165, 1.54) is 20.8 Å². The van der Waals surface area contributed by atoms with Gasteiger partial charge in [-0.3, -0.25) is 14.4 Å². The van der Waals surface area contributed by atoms with Crippen LogP contribution in [0, 0.1) is 0 Å². The highest BCUT2D eigenvalue weighted by Gasteiger charge is 1.92. The molecule has 0 bridgehead atoms. The second-order valence-electron chi connectivity index (χ2n) is 6.15. The summed E-state index contributed by atoms with van der Waals surface area (Å²) in [7, 11) is 0. The van der Waals surface area contributed by atoms with E-state index in [4.69, 9.17) is 14.2 Å². The lowest BCUT2D eigenvalue weighted by molar-refractivity contribution is -0.143. The summed E-state index contributed by atoms with van der Waals surface area (Å²) in [5.74, 6) is -0.747. The number of unbranched alkanes of at least 4 members (excludes halogenated alkanes) is 2. The number of esters is 3. The molecule has 0 amide bonds. The zero-order valence-electron chi connectivity index (χ0n) is 20.4. The Bertz CT molecular complexity index is 374. The summed E-state index contributed by atoms with van der Waals surface area (Å²) in [6.45, 7) is 15.1. The molecule has 0 aliphatic carbocycles. The van der Waals surface area contributed by atoms with Gasteiger partial charge < -0.3 is 28.4 Å². The molecular weight excluding hydrogens is 408 g/mol. The van der Waals surface area contributed by atoms with Gasteiger partial charge in [0.2, 0.25) is 0 Å². The Hall–Kier alpha value is -1.71. The van der Waals surface area contributed by atoms with Gasteiger partial charge >= 0.3 is 17.9 Å². The molecular formula is C22H44O9. The van der Waals surface area contributed by atoms with Crippen LogP contribution in [0.25, 0.3) is 0 Å². The first-order chi connectivity index (χ1) is 14.8. The highest BCUT2D eigenvalue weighted by Crippen LogP contribution is 1.88. The van der Waals surface area contributed by atoms with Gasteiger partial charge in [-0.1, -0.05) is 26.7 Å². The summed E-state index contributed by atoms with van der Waals surface area (Å²) in [4.78, 5) is 30.6. The van der Waals surface area contributed by atoms with Crippen LogP contribution >= 0.6 is 0 Å². The lowest BCUT2D eigenvalue weighted by atomic mass is 10.4. The number of carbonyl (C=O) groups is 3. The largest absolute Gasteiger partial charge is 0.463 e. The summed E-state index contributed by atoms with van der Waals surface area (Å²) in [5, 5.41) is 0. The Balaban J connectivity index is -0.000000382. The molecule has 0 saturated heterocycles. The number of hydrogen-bond donors (Lipinski definition) is 0. The van der Waals surface area contributed by atoms with Crippen molar-refractivity contribution in [3.8, 4) is 0 Å². The zero-order valence-corrected chi connectivity index (χ0v) is 20.4. The minimum Gasteiger partial charge on any atom is -0.463 e. The van der Waals surface area contributed by atoms with Crippen molar-refractivity contribution in [2.45, 2.75) is 67.2 Å². The predicted molar refractivity (Wildman–Crippen MR) is 118 cm³/mol. The van der Waals surface area contributed by atoms with E-state index in [1.54, 1.807) is 0 Å². The molecule has 0 aromatic carbocycles. The summed E-state index contributed by atoms with van der Waals surface area (Å²) in [6, 6.07) is 0. The van der Waals surface area contributed by atoms with Crippen molar-refractivity contribution < 1.29 is 42.8 Å². The molecule has 0 saturated carbocycles. The second kappa shape index (κ2) is 30.5. The SMILES string of the molecule is CCCCOCCOC(C)=O.CCCCOCCOC(C)=O.CCOCCOC(C)=O. The van der Waals surface area contributed by atoms with Crippen molar-refractivity contribution in [1.82, 2.24) is 0 Å². The van der Waals surface area contributed by atoms with Crippen LogP contribution in [0.4, 0.5) is 0 Å². The van der Waals surface area contributed by atoms with Crippen molar-refractivity contribution in [3.63, 3.8) is 0 Å². The molecule has 0 N–H and O–H groups in total. The summed E-state index contributed by atoms with van der Waals surface area (Å²) < 4.78 is 29.1. The molecule has 9 nitrogen and oxygen atoms in total. The van der Waals surface area contributed by atoms with E-state index in [9.17, 15) is 14.4 Å². The van der Waals surface area contributed by atoms with E-state index in [0.717, 1.165) is 38.9 Å². The van der Waals surface area contributed by atoms with Crippen LogP contribution in [0.5, 0.6) is 0 Å². The van der Waals surface area contributed by atoms with Gasteiger partial charge in [-0.05, 0) is 19.8 Å². The Morgan fingerprint density at radius 3 is 1.06 bits per heavy atom. The molecule has 0 atom stereocenters. The van der Waals surface area contributed by atoms with Crippen molar-refractivity contribution in [3.05, 3.63) is 0 Å². The van der Waals surface area contributed by atoms with E-state index in [0.29, 0.717) is 46.2 Å². The molecule has 31 heavy (non-hydrogen) atoms. The Labute approximate surface area is 188 Å². The molecule has 0 aromatic heterocycles. The number of hydrogen-bond acceptors (Lipinski definition) is 9. The monoisotopic (exact) mass is 452 g/mol. The fourth-order valence-electron chi connectivity index (χ4n) is 1.57. The third-order valence-corrected chi connectivity index (χ3v) is 3.09. The first-order valence-corrected chi connectivity index (χ1v) is 10.9. The lowest BCUT2D eigenvalue weighted by Gasteiger charge is -2.02. The quantitative estimate of drug-likeness (QED) is 0.198. The van der Waals surface area contributed by atoms with Crippen molar-refractivity contribution in [1.29, 1.82) is 0 Å². The third kappa shape index (κ3) is 47.5. The average molecular weight is 453 g/mol. The Kier molecular flexibility index (Phi) is 33.4. The molecule has 0 radical (unpaired) electrons. The first-order valence-electron chi connectivity index (χ1n) is 10.9. The molecule has 0 unspecified atom stereocenters. The zero-order chi connectivity index (χ0) is 24.2. The highest BCUT2D eigenvalue weighted by molar-refractivity contribution is 5.66. The first kappa shape index (κ1) is 33.9. The van der Waals surface area contributed by atoms with E-state index < -0.39 is 0 Å². The molecule has 0 aliphatic rings. The molecule has 186 valence electrons. The van der Waals surface area contributed by atoms with Gasteiger partial charge in [-0.25, -0.2) is 0 Å². The highest BCUT2D eigenvalue weighted by atomic mass is 16.6. The summed E-state index contributed by atoms with van der Waals surface area (Å²) in [6.07, 6.45) is 4.40.